The third kappa shape index (κ3) is 2.46. The van der Waals surface area contributed by atoms with Crippen LogP contribution in [0, 0.1) is 6.92 Å². The van der Waals surface area contributed by atoms with E-state index < -0.39 is 9.84 Å². The standard InChI is InChI=1S/C13H19NO2S/c1-10-9-11(14)7-8-13(10)17(15,16)12-5-3-2-4-6-12/h7-9,12H,2-6,14H2,1H3. The van der Waals surface area contributed by atoms with Gasteiger partial charge in [-0.25, -0.2) is 8.42 Å². The van der Waals surface area contributed by atoms with Crippen LogP contribution in [0.5, 0.6) is 0 Å². The van der Waals surface area contributed by atoms with Gasteiger partial charge in [0, 0.05) is 5.69 Å². The summed E-state index contributed by atoms with van der Waals surface area (Å²) in [4.78, 5) is 0.457. The molecule has 0 radical (unpaired) electrons. The minimum Gasteiger partial charge on any atom is -0.399 e. The van der Waals surface area contributed by atoms with Gasteiger partial charge < -0.3 is 5.73 Å². The van der Waals surface area contributed by atoms with Crippen LogP contribution in [-0.2, 0) is 9.84 Å². The predicted octanol–water partition coefficient (Wildman–Crippen LogP) is 2.68. The Balaban J connectivity index is 2.37. The van der Waals surface area contributed by atoms with Crippen LogP contribution in [0.3, 0.4) is 0 Å². The molecule has 94 valence electrons. The maximum Gasteiger partial charge on any atom is 0.181 e. The smallest absolute Gasteiger partial charge is 0.181 e. The first-order chi connectivity index (χ1) is 8.01. The Morgan fingerprint density at radius 2 is 1.82 bits per heavy atom. The number of hydrogen-bond acceptors (Lipinski definition) is 3. The van der Waals surface area contributed by atoms with Crippen LogP contribution in [0.4, 0.5) is 5.69 Å². The summed E-state index contributed by atoms with van der Waals surface area (Å²) < 4.78 is 25.0. The molecule has 17 heavy (non-hydrogen) atoms. The number of rotatable bonds is 2. The number of aryl methyl sites for hydroxylation is 1. The molecule has 0 saturated heterocycles. The number of nitrogens with two attached hydrogens (primary N) is 1. The van der Waals surface area contributed by atoms with Crippen LogP contribution in [0.25, 0.3) is 0 Å². The van der Waals surface area contributed by atoms with Crippen molar-refractivity contribution in [3.8, 4) is 0 Å². The van der Waals surface area contributed by atoms with Gasteiger partial charge >= 0.3 is 0 Å². The van der Waals surface area contributed by atoms with Gasteiger partial charge in [0.2, 0.25) is 0 Å². The average Bonchev–Trinajstić information content (AvgIpc) is 2.29. The Morgan fingerprint density at radius 3 is 2.41 bits per heavy atom. The van der Waals surface area contributed by atoms with E-state index in [0.717, 1.165) is 37.7 Å². The summed E-state index contributed by atoms with van der Waals surface area (Å²) in [5.41, 5.74) is 7.03. The lowest BCUT2D eigenvalue weighted by Crippen LogP contribution is -2.24. The van der Waals surface area contributed by atoms with Gasteiger partial charge in [0.15, 0.2) is 9.84 Å². The Hall–Kier alpha value is -1.03. The molecule has 0 unspecified atom stereocenters. The van der Waals surface area contributed by atoms with Gasteiger partial charge in [0.1, 0.15) is 0 Å². The number of sulfone groups is 1. The molecule has 1 aromatic carbocycles. The van der Waals surface area contributed by atoms with Gasteiger partial charge in [0.25, 0.3) is 0 Å². The fraction of sp³-hybridized carbons (Fsp3) is 0.538. The Labute approximate surface area is 103 Å². The van der Waals surface area contributed by atoms with Crippen LogP contribution in [0.15, 0.2) is 23.1 Å². The Bertz CT molecular complexity index is 502. The lowest BCUT2D eigenvalue weighted by Gasteiger charge is -2.22. The zero-order chi connectivity index (χ0) is 12.5. The summed E-state index contributed by atoms with van der Waals surface area (Å²) in [6.45, 7) is 1.81. The molecule has 0 heterocycles. The predicted molar refractivity (Wildman–Crippen MR) is 69.7 cm³/mol. The fourth-order valence-corrected chi connectivity index (χ4v) is 4.63. The Morgan fingerprint density at radius 1 is 1.18 bits per heavy atom. The fourth-order valence-electron chi connectivity index (χ4n) is 2.55. The highest BCUT2D eigenvalue weighted by molar-refractivity contribution is 7.92. The van der Waals surface area contributed by atoms with Crippen LogP contribution < -0.4 is 5.73 Å². The Kier molecular flexibility index (Phi) is 3.43. The normalized spacial score (nSPS) is 18.2. The molecule has 1 saturated carbocycles. The van der Waals surface area contributed by atoms with Gasteiger partial charge in [-0.15, -0.1) is 0 Å². The SMILES string of the molecule is Cc1cc(N)ccc1S(=O)(=O)C1CCCCC1. The van der Waals surface area contributed by atoms with Gasteiger partial charge in [-0.1, -0.05) is 19.3 Å². The van der Waals surface area contributed by atoms with E-state index in [4.69, 9.17) is 5.73 Å². The summed E-state index contributed by atoms with van der Waals surface area (Å²) in [7, 11) is -3.17. The molecule has 2 rings (SSSR count). The minimum absolute atomic E-state index is 0.196. The highest BCUT2D eigenvalue weighted by Crippen LogP contribution is 2.30. The highest BCUT2D eigenvalue weighted by atomic mass is 32.2. The molecule has 4 heteroatoms. The van der Waals surface area contributed by atoms with Crippen molar-refractivity contribution in [1.82, 2.24) is 0 Å². The van der Waals surface area contributed by atoms with E-state index in [1.165, 1.54) is 0 Å². The molecule has 1 aromatic rings. The molecule has 0 aliphatic heterocycles. The monoisotopic (exact) mass is 253 g/mol. The van der Waals surface area contributed by atoms with E-state index in [1.807, 2.05) is 6.92 Å². The largest absolute Gasteiger partial charge is 0.399 e. The summed E-state index contributed by atoms with van der Waals surface area (Å²) in [5, 5.41) is -0.196. The second-order valence-corrected chi connectivity index (χ2v) is 7.03. The average molecular weight is 253 g/mol. The minimum atomic E-state index is -3.17. The van der Waals surface area contributed by atoms with Crippen LogP contribution >= 0.6 is 0 Å². The van der Waals surface area contributed by atoms with Crippen molar-refractivity contribution >= 4 is 15.5 Å². The van der Waals surface area contributed by atoms with Gasteiger partial charge in [-0.2, -0.15) is 0 Å². The molecule has 2 N–H and O–H groups in total. The second kappa shape index (κ2) is 4.69. The zero-order valence-electron chi connectivity index (χ0n) is 10.1. The molecule has 0 aromatic heterocycles. The van der Waals surface area contributed by atoms with Gasteiger partial charge in [-0.3, -0.25) is 0 Å². The van der Waals surface area contributed by atoms with Gasteiger partial charge in [-0.05, 0) is 43.5 Å². The van der Waals surface area contributed by atoms with Crippen molar-refractivity contribution < 1.29 is 8.42 Å². The molecule has 1 aliphatic rings. The van der Waals surface area contributed by atoms with Crippen molar-refractivity contribution in [1.29, 1.82) is 0 Å². The molecule has 1 aliphatic carbocycles. The molecule has 0 amide bonds. The lowest BCUT2D eigenvalue weighted by molar-refractivity contribution is 0.483. The summed E-state index contributed by atoms with van der Waals surface area (Å²) >= 11 is 0. The van der Waals surface area contributed by atoms with E-state index in [9.17, 15) is 8.42 Å². The van der Waals surface area contributed by atoms with E-state index in [1.54, 1.807) is 18.2 Å². The summed E-state index contributed by atoms with van der Waals surface area (Å²) in [6.07, 6.45) is 4.81. The van der Waals surface area contributed by atoms with E-state index in [-0.39, 0.29) is 5.25 Å². The van der Waals surface area contributed by atoms with Crippen LogP contribution in [-0.4, -0.2) is 13.7 Å². The maximum absolute atomic E-state index is 12.5. The van der Waals surface area contributed by atoms with E-state index >= 15 is 0 Å². The highest BCUT2D eigenvalue weighted by Gasteiger charge is 2.29. The third-order valence-corrected chi connectivity index (χ3v) is 5.92. The van der Waals surface area contributed by atoms with Gasteiger partial charge in [0.05, 0.1) is 10.1 Å². The van der Waals surface area contributed by atoms with Crippen molar-refractivity contribution in [2.45, 2.75) is 49.2 Å². The first-order valence-electron chi connectivity index (χ1n) is 6.12. The molecule has 0 spiro atoms. The quantitative estimate of drug-likeness (QED) is 0.824. The lowest BCUT2D eigenvalue weighted by atomic mass is 10.0. The molecular formula is C13H19NO2S. The molecular weight excluding hydrogens is 234 g/mol. The number of benzene rings is 1. The number of nitrogen functional groups attached to an aromatic ring is 1. The molecule has 1 fully saturated rings. The molecule has 0 atom stereocenters. The van der Waals surface area contributed by atoms with Crippen molar-refractivity contribution in [2.75, 3.05) is 5.73 Å². The van der Waals surface area contributed by atoms with Crippen LogP contribution in [0.1, 0.15) is 37.7 Å². The van der Waals surface area contributed by atoms with Crippen molar-refractivity contribution in [2.24, 2.45) is 0 Å². The van der Waals surface area contributed by atoms with Crippen molar-refractivity contribution in [3.05, 3.63) is 23.8 Å². The third-order valence-electron chi connectivity index (χ3n) is 3.50. The summed E-state index contributed by atoms with van der Waals surface area (Å²) in [5.74, 6) is 0. The topological polar surface area (TPSA) is 60.2 Å². The zero-order valence-corrected chi connectivity index (χ0v) is 11.0. The maximum atomic E-state index is 12.5. The number of hydrogen-bond donors (Lipinski definition) is 1. The van der Waals surface area contributed by atoms with E-state index in [2.05, 4.69) is 0 Å². The molecule has 3 nitrogen and oxygen atoms in total. The first-order valence-corrected chi connectivity index (χ1v) is 7.66. The molecule has 0 bridgehead atoms. The van der Waals surface area contributed by atoms with Crippen LogP contribution in [0.2, 0.25) is 0 Å². The number of anilines is 1. The van der Waals surface area contributed by atoms with Crippen molar-refractivity contribution in [3.63, 3.8) is 0 Å². The van der Waals surface area contributed by atoms with E-state index in [0.29, 0.717) is 10.6 Å². The second-order valence-electron chi connectivity index (χ2n) is 4.83. The first kappa shape index (κ1) is 12.4. The summed E-state index contributed by atoms with van der Waals surface area (Å²) in [6, 6.07) is 5.05.